The summed E-state index contributed by atoms with van der Waals surface area (Å²) in [7, 11) is 3.85. The lowest BCUT2D eigenvalue weighted by Gasteiger charge is -2.34. The van der Waals surface area contributed by atoms with E-state index in [1.54, 1.807) is 7.05 Å². The molecule has 1 amide bonds. The predicted molar refractivity (Wildman–Crippen MR) is 103 cm³/mol. The molecule has 0 spiro atoms. The van der Waals surface area contributed by atoms with Crippen LogP contribution in [0.5, 0.6) is 0 Å². The van der Waals surface area contributed by atoms with E-state index < -0.39 is 0 Å². The summed E-state index contributed by atoms with van der Waals surface area (Å²) in [5.74, 6) is 0.486. The van der Waals surface area contributed by atoms with Gasteiger partial charge in [0.05, 0.1) is 6.04 Å². The Morgan fingerprint density at radius 3 is 2.64 bits per heavy atom. The van der Waals surface area contributed by atoms with Gasteiger partial charge in [0.15, 0.2) is 0 Å². The van der Waals surface area contributed by atoms with Crippen molar-refractivity contribution in [1.29, 1.82) is 0 Å². The second kappa shape index (κ2) is 8.17. The maximum absolute atomic E-state index is 12.3. The monoisotopic (exact) mass is 337 g/mol. The zero-order valence-electron chi connectivity index (χ0n) is 15.0. The topological polar surface area (TPSA) is 44.4 Å². The number of amides is 1. The highest BCUT2D eigenvalue weighted by Crippen LogP contribution is 2.33. The van der Waals surface area contributed by atoms with Crippen molar-refractivity contribution in [1.82, 2.24) is 10.6 Å². The van der Waals surface area contributed by atoms with E-state index in [4.69, 9.17) is 0 Å². The zero-order valence-corrected chi connectivity index (χ0v) is 15.0. The summed E-state index contributed by atoms with van der Waals surface area (Å²) in [6.45, 7) is 1.86. The van der Waals surface area contributed by atoms with Crippen LogP contribution < -0.4 is 15.5 Å². The molecule has 0 fully saturated rings. The SMILES string of the molecule is CNC(=O)[C@@H](Cc1ccccc1)NC[C@@H]1CCN(C)c2ccccc21. The predicted octanol–water partition coefficient (Wildman–Crippen LogP) is 2.56. The fourth-order valence-electron chi connectivity index (χ4n) is 3.58. The summed E-state index contributed by atoms with van der Waals surface area (Å²) in [5.41, 5.74) is 3.85. The highest BCUT2D eigenvalue weighted by atomic mass is 16.2. The van der Waals surface area contributed by atoms with Crippen molar-refractivity contribution in [2.24, 2.45) is 0 Å². The van der Waals surface area contributed by atoms with Crippen molar-refractivity contribution in [3.63, 3.8) is 0 Å². The Labute approximate surface area is 150 Å². The number of carbonyl (C=O) groups excluding carboxylic acids is 1. The maximum atomic E-state index is 12.3. The Balaban J connectivity index is 1.69. The van der Waals surface area contributed by atoms with Crippen LogP contribution >= 0.6 is 0 Å². The molecule has 4 nitrogen and oxygen atoms in total. The van der Waals surface area contributed by atoms with Gasteiger partial charge in [-0.2, -0.15) is 0 Å². The van der Waals surface area contributed by atoms with E-state index in [-0.39, 0.29) is 11.9 Å². The molecular formula is C21H27N3O. The molecule has 2 aromatic rings. The van der Waals surface area contributed by atoms with Crippen LogP contribution in [-0.4, -0.2) is 39.1 Å². The molecule has 1 heterocycles. The summed E-state index contributed by atoms with van der Waals surface area (Å²) < 4.78 is 0. The quantitative estimate of drug-likeness (QED) is 0.851. The Kier molecular flexibility index (Phi) is 5.71. The normalized spacial score (nSPS) is 17.7. The zero-order chi connectivity index (χ0) is 17.6. The fourth-order valence-corrected chi connectivity index (χ4v) is 3.58. The number of benzene rings is 2. The molecule has 0 radical (unpaired) electrons. The minimum Gasteiger partial charge on any atom is -0.374 e. The van der Waals surface area contributed by atoms with E-state index >= 15 is 0 Å². The van der Waals surface area contributed by atoms with Crippen LogP contribution in [0.25, 0.3) is 0 Å². The summed E-state index contributed by atoms with van der Waals surface area (Å²) in [6, 6.07) is 18.6. The van der Waals surface area contributed by atoms with Gasteiger partial charge in [-0.25, -0.2) is 0 Å². The molecule has 0 saturated heterocycles. The second-order valence-corrected chi connectivity index (χ2v) is 6.73. The van der Waals surface area contributed by atoms with Crippen LogP contribution in [0.2, 0.25) is 0 Å². The molecule has 0 unspecified atom stereocenters. The van der Waals surface area contributed by atoms with Crippen LogP contribution in [0.15, 0.2) is 54.6 Å². The number of fused-ring (bicyclic) bond motifs is 1. The first kappa shape index (κ1) is 17.5. The molecule has 2 N–H and O–H groups in total. The molecule has 1 aliphatic heterocycles. The van der Waals surface area contributed by atoms with Gasteiger partial charge in [0.2, 0.25) is 5.91 Å². The highest BCUT2D eigenvalue weighted by molar-refractivity contribution is 5.81. The maximum Gasteiger partial charge on any atom is 0.237 e. The number of hydrogen-bond donors (Lipinski definition) is 2. The number of nitrogens with zero attached hydrogens (tertiary/aromatic N) is 1. The molecular weight excluding hydrogens is 310 g/mol. The first-order chi connectivity index (χ1) is 12.2. The number of anilines is 1. The Hall–Kier alpha value is -2.33. The van der Waals surface area contributed by atoms with Gasteiger partial charge < -0.3 is 15.5 Å². The first-order valence-electron chi connectivity index (χ1n) is 8.98. The molecule has 0 saturated carbocycles. The molecule has 0 bridgehead atoms. The third kappa shape index (κ3) is 4.20. The average molecular weight is 337 g/mol. The average Bonchev–Trinajstić information content (AvgIpc) is 2.67. The first-order valence-corrected chi connectivity index (χ1v) is 8.98. The minimum absolute atomic E-state index is 0.0464. The summed E-state index contributed by atoms with van der Waals surface area (Å²) in [6.07, 6.45) is 1.81. The van der Waals surface area contributed by atoms with Gasteiger partial charge in [0.1, 0.15) is 0 Å². The Morgan fingerprint density at radius 1 is 1.16 bits per heavy atom. The van der Waals surface area contributed by atoms with E-state index in [0.717, 1.165) is 19.5 Å². The minimum atomic E-state index is -0.209. The van der Waals surface area contributed by atoms with E-state index in [1.165, 1.54) is 16.8 Å². The van der Waals surface area contributed by atoms with Crippen LogP contribution in [0.3, 0.4) is 0 Å². The summed E-state index contributed by atoms with van der Waals surface area (Å²) in [4.78, 5) is 14.6. The van der Waals surface area contributed by atoms with Gasteiger partial charge in [0, 0.05) is 38.8 Å². The van der Waals surface area contributed by atoms with Gasteiger partial charge in [-0.05, 0) is 30.0 Å². The largest absolute Gasteiger partial charge is 0.374 e. The Morgan fingerprint density at radius 2 is 1.88 bits per heavy atom. The fraction of sp³-hybridized carbons (Fsp3) is 0.381. The van der Waals surface area contributed by atoms with Crippen LogP contribution in [0, 0.1) is 0 Å². The smallest absolute Gasteiger partial charge is 0.237 e. The molecule has 2 aromatic carbocycles. The van der Waals surface area contributed by atoms with Crippen molar-refractivity contribution < 1.29 is 4.79 Å². The van der Waals surface area contributed by atoms with Crippen molar-refractivity contribution in [3.05, 3.63) is 65.7 Å². The Bertz CT molecular complexity index is 701. The van der Waals surface area contributed by atoms with E-state index in [2.05, 4.69) is 59.0 Å². The van der Waals surface area contributed by atoms with Gasteiger partial charge in [-0.15, -0.1) is 0 Å². The van der Waals surface area contributed by atoms with Gasteiger partial charge in [-0.1, -0.05) is 48.5 Å². The number of nitrogens with one attached hydrogen (secondary N) is 2. The number of likely N-dealkylation sites (N-methyl/N-ethyl adjacent to an activating group) is 1. The standard InChI is InChI=1S/C21H27N3O/c1-22-21(25)19(14-16-8-4-3-5-9-16)23-15-17-12-13-24(2)20-11-7-6-10-18(17)20/h3-11,17,19,23H,12-15H2,1-2H3,(H,22,25)/t17-,19+/m0/s1. The second-order valence-electron chi connectivity index (χ2n) is 6.73. The third-order valence-corrected chi connectivity index (χ3v) is 5.06. The summed E-state index contributed by atoms with van der Waals surface area (Å²) >= 11 is 0. The van der Waals surface area contributed by atoms with E-state index in [9.17, 15) is 4.79 Å². The number of rotatable bonds is 6. The molecule has 25 heavy (non-hydrogen) atoms. The third-order valence-electron chi connectivity index (χ3n) is 5.06. The van der Waals surface area contributed by atoms with Crippen molar-refractivity contribution in [3.8, 4) is 0 Å². The number of para-hydroxylation sites is 1. The summed E-state index contributed by atoms with van der Waals surface area (Å²) in [5, 5.41) is 6.30. The van der Waals surface area contributed by atoms with Gasteiger partial charge >= 0.3 is 0 Å². The van der Waals surface area contributed by atoms with Crippen LogP contribution in [-0.2, 0) is 11.2 Å². The lowest BCUT2D eigenvalue weighted by molar-refractivity contribution is -0.122. The molecule has 132 valence electrons. The van der Waals surface area contributed by atoms with Gasteiger partial charge in [-0.3, -0.25) is 4.79 Å². The van der Waals surface area contributed by atoms with Crippen molar-refractivity contribution in [2.45, 2.75) is 24.8 Å². The van der Waals surface area contributed by atoms with Crippen molar-refractivity contribution in [2.75, 3.05) is 32.1 Å². The molecule has 0 aromatic heterocycles. The number of carbonyl (C=O) groups is 1. The molecule has 4 heteroatoms. The molecule has 2 atom stereocenters. The van der Waals surface area contributed by atoms with Crippen molar-refractivity contribution >= 4 is 11.6 Å². The molecule has 0 aliphatic carbocycles. The highest BCUT2D eigenvalue weighted by Gasteiger charge is 2.25. The van der Waals surface area contributed by atoms with Crippen LogP contribution in [0.4, 0.5) is 5.69 Å². The van der Waals surface area contributed by atoms with E-state index in [1.807, 2.05) is 18.2 Å². The molecule has 3 rings (SSSR count). The molecule has 1 aliphatic rings. The lowest BCUT2D eigenvalue weighted by atomic mass is 9.89. The lowest BCUT2D eigenvalue weighted by Crippen LogP contribution is -2.46. The van der Waals surface area contributed by atoms with Crippen LogP contribution in [0.1, 0.15) is 23.5 Å². The van der Waals surface area contributed by atoms with E-state index in [0.29, 0.717) is 12.3 Å². The van der Waals surface area contributed by atoms with Gasteiger partial charge in [0.25, 0.3) is 0 Å². The number of hydrogen-bond acceptors (Lipinski definition) is 3.